The van der Waals surface area contributed by atoms with Crippen LogP contribution in [0.5, 0.6) is 0 Å². The number of hydrogen-bond donors (Lipinski definition) is 1. The molecule has 1 saturated heterocycles. The first kappa shape index (κ1) is 15.9. The van der Waals surface area contributed by atoms with Crippen LogP contribution in [-0.2, 0) is 16.1 Å². The van der Waals surface area contributed by atoms with Crippen LogP contribution in [0.2, 0.25) is 0 Å². The van der Waals surface area contributed by atoms with E-state index in [1.165, 1.54) is 0 Å². The van der Waals surface area contributed by atoms with Gasteiger partial charge in [-0.25, -0.2) is 0 Å². The molecule has 1 heterocycles. The Morgan fingerprint density at radius 3 is 2.43 bits per heavy atom. The van der Waals surface area contributed by atoms with Crippen LogP contribution in [-0.4, -0.2) is 35.8 Å². The molecule has 1 aliphatic heterocycles. The first-order valence-corrected chi connectivity index (χ1v) is 7.77. The molecule has 4 heteroatoms. The van der Waals surface area contributed by atoms with E-state index in [0.29, 0.717) is 12.2 Å². The number of Topliss-reactive ketones (excluding diaryl/α,β-unsaturated/α-hetero) is 1. The van der Waals surface area contributed by atoms with Crippen molar-refractivity contribution in [3.63, 3.8) is 0 Å². The van der Waals surface area contributed by atoms with Crippen LogP contribution in [0.25, 0.3) is 0 Å². The maximum absolute atomic E-state index is 12.3. The summed E-state index contributed by atoms with van der Waals surface area (Å²) in [6, 6.07) is 18.9. The fraction of sp³-hybridized carbons (Fsp3) is 0.316. The molecule has 0 aromatic heterocycles. The van der Waals surface area contributed by atoms with Crippen molar-refractivity contribution in [3.05, 3.63) is 71.8 Å². The smallest absolute Gasteiger partial charge is 0.165 e. The van der Waals surface area contributed by atoms with E-state index in [4.69, 9.17) is 9.47 Å². The number of ketones is 1. The van der Waals surface area contributed by atoms with Gasteiger partial charge in [-0.1, -0.05) is 60.7 Å². The molecule has 1 aliphatic rings. The van der Waals surface area contributed by atoms with Gasteiger partial charge in [-0.3, -0.25) is 4.79 Å². The van der Waals surface area contributed by atoms with E-state index in [-0.39, 0.29) is 18.8 Å². The van der Waals surface area contributed by atoms with E-state index in [1.807, 2.05) is 48.5 Å². The van der Waals surface area contributed by atoms with E-state index in [1.54, 1.807) is 12.1 Å². The molecular weight excluding hydrogens is 292 g/mol. The monoisotopic (exact) mass is 312 g/mol. The number of hydrogen-bond acceptors (Lipinski definition) is 4. The summed E-state index contributed by atoms with van der Waals surface area (Å²) < 4.78 is 11.4. The number of ether oxygens (including phenoxy) is 2. The first-order chi connectivity index (χ1) is 11.2. The summed E-state index contributed by atoms with van der Waals surface area (Å²) in [5.74, 6) is -0.00184. The molecule has 0 aliphatic carbocycles. The Bertz CT molecular complexity index is 626. The van der Waals surface area contributed by atoms with Crippen molar-refractivity contribution in [1.82, 2.24) is 0 Å². The Morgan fingerprint density at radius 2 is 1.74 bits per heavy atom. The second kappa shape index (κ2) is 7.51. The fourth-order valence-corrected chi connectivity index (χ4v) is 2.74. The van der Waals surface area contributed by atoms with Crippen LogP contribution in [0, 0.1) is 0 Å². The Hall–Kier alpha value is -2.01. The predicted molar refractivity (Wildman–Crippen MR) is 86.2 cm³/mol. The third-order valence-electron chi connectivity index (χ3n) is 3.99. The van der Waals surface area contributed by atoms with Crippen molar-refractivity contribution >= 4 is 5.78 Å². The summed E-state index contributed by atoms with van der Waals surface area (Å²) >= 11 is 0. The lowest BCUT2D eigenvalue weighted by Crippen LogP contribution is -2.34. The van der Waals surface area contributed by atoms with Gasteiger partial charge in [0.15, 0.2) is 5.78 Å². The summed E-state index contributed by atoms with van der Waals surface area (Å²) in [4.78, 5) is 12.3. The molecule has 1 N–H and O–H groups in total. The van der Waals surface area contributed by atoms with Crippen LogP contribution in [0.15, 0.2) is 60.7 Å². The Labute approximate surface area is 135 Å². The van der Waals surface area contributed by atoms with Crippen LogP contribution in [0.4, 0.5) is 0 Å². The molecule has 0 bridgehead atoms. The van der Waals surface area contributed by atoms with Crippen molar-refractivity contribution in [2.24, 2.45) is 0 Å². The third-order valence-corrected chi connectivity index (χ3v) is 3.99. The maximum Gasteiger partial charge on any atom is 0.165 e. The molecular formula is C19H20O4. The average molecular weight is 312 g/mol. The highest BCUT2D eigenvalue weighted by molar-refractivity contribution is 5.96. The normalized spacial score (nSPS) is 23.8. The number of aliphatic hydroxyl groups excluding tert-OH is 1. The quantitative estimate of drug-likeness (QED) is 0.833. The predicted octanol–water partition coefficient (Wildman–Crippen LogP) is 2.60. The zero-order valence-electron chi connectivity index (χ0n) is 12.8. The van der Waals surface area contributed by atoms with Crippen LogP contribution < -0.4 is 0 Å². The molecule has 3 atom stereocenters. The molecule has 0 saturated carbocycles. The van der Waals surface area contributed by atoms with E-state index in [9.17, 15) is 9.90 Å². The van der Waals surface area contributed by atoms with Gasteiger partial charge in [-0.15, -0.1) is 0 Å². The van der Waals surface area contributed by atoms with Crippen LogP contribution >= 0.6 is 0 Å². The number of carbonyl (C=O) groups is 1. The highest BCUT2D eigenvalue weighted by atomic mass is 16.6. The number of aliphatic hydroxyl groups is 1. The largest absolute Gasteiger partial charge is 0.388 e. The maximum atomic E-state index is 12.3. The summed E-state index contributed by atoms with van der Waals surface area (Å²) in [6.07, 6.45) is -1.39. The van der Waals surface area contributed by atoms with Gasteiger partial charge in [-0.2, -0.15) is 0 Å². The van der Waals surface area contributed by atoms with Crippen molar-refractivity contribution < 1.29 is 19.4 Å². The summed E-state index contributed by atoms with van der Waals surface area (Å²) in [5.41, 5.74) is 1.68. The molecule has 3 rings (SSSR count). The lowest BCUT2D eigenvalue weighted by atomic mass is 10.0. The van der Waals surface area contributed by atoms with Crippen molar-refractivity contribution in [2.45, 2.75) is 31.3 Å². The van der Waals surface area contributed by atoms with E-state index >= 15 is 0 Å². The van der Waals surface area contributed by atoms with Gasteiger partial charge < -0.3 is 14.6 Å². The zero-order chi connectivity index (χ0) is 16.1. The average Bonchev–Trinajstić information content (AvgIpc) is 2.94. The first-order valence-electron chi connectivity index (χ1n) is 7.77. The van der Waals surface area contributed by atoms with Gasteiger partial charge in [0.25, 0.3) is 0 Å². The second-order valence-corrected chi connectivity index (χ2v) is 5.69. The van der Waals surface area contributed by atoms with Crippen molar-refractivity contribution in [1.29, 1.82) is 0 Å². The van der Waals surface area contributed by atoms with Crippen molar-refractivity contribution in [2.75, 3.05) is 6.61 Å². The summed E-state index contributed by atoms with van der Waals surface area (Å²) in [5, 5.41) is 10.1. The minimum absolute atomic E-state index is 0.00184. The summed E-state index contributed by atoms with van der Waals surface area (Å²) in [7, 11) is 0. The van der Waals surface area contributed by atoms with E-state index in [0.717, 1.165) is 5.56 Å². The van der Waals surface area contributed by atoms with Gasteiger partial charge in [0.05, 0.1) is 19.3 Å². The highest BCUT2D eigenvalue weighted by Gasteiger charge is 2.38. The minimum atomic E-state index is -0.702. The molecule has 1 fully saturated rings. The molecule has 2 aromatic carbocycles. The van der Waals surface area contributed by atoms with Crippen LogP contribution in [0.1, 0.15) is 22.3 Å². The van der Waals surface area contributed by atoms with Gasteiger partial charge in [0.1, 0.15) is 12.2 Å². The number of carbonyl (C=O) groups excluding carboxylic acids is 1. The molecule has 2 aromatic rings. The minimum Gasteiger partial charge on any atom is -0.388 e. The summed E-state index contributed by atoms with van der Waals surface area (Å²) in [6.45, 7) is 0.591. The van der Waals surface area contributed by atoms with Gasteiger partial charge in [0.2, 0.25) is 0 Å². The zero-order valence-corrected chi connectivity index (χ0v) is 12.8. The van der Waals surface area contributed by atoms with Gasteiger partial charge in [-0.05, 0) is 5.56 Å². The lowest BCUT2D eigenvalue weighted by molar-refractivity contribution is -0.0459. The molecule has 0 unspecified atom stereocenters. The standard InChI is InChI=1S/C19H20O4/c20-16(15-9-5-2-6-10-15)11-18-19(17(21)13-22-18)23-12-14-7-3-1-4-8-14/h1-10,17-19,21H,11-13H2/t17-,18+,19-/m1/s1. The third kappa shape index (κ3) is 4.05. The SMILES string of the molecule is O=C(C[C@@H]1OC[C@@H](O)[C@H]1OCc1ccccc1)c1ccccc1. The Kier molecular flexibility index (Phi) is 5.18. The fourth-order valence-electron chi connectivity index (χ4n) is 2.74. The van der Waals surface area contributed by atoms with E-state index < -0.39 is 18.3 Å². The highest BCUT2D eigenvalue weighted by Crippen LogP contribution is 2.23. The molecule has 120 valence electrons. The van der Waals surface area contributed by atoms with Gasteiger partial charge >= 0.3 is 0 Å². The molecule has 0 spiro atoms. The Morgan fingerprint density at radius 1 is 1.09 bits per heavy atom. The van der Waals surface area contributed by atoms with Gasteiger partial charge in [0, 0.05) is 12.0 Å². The molecule has 0 radical (unpaired) electrons. The molecule has 0 amide bonds. The van der Waals surface area contributed by atoms with E-state index in [2.05, 4.69) is 0 Å². The second-order valence-electron chi connectivity index (χ2n) is 5.69. The number of benzene rings is 2. The molecule has 4 nitrogen and oxygen atoms in total. The Balaban J connectivity index is 1.61. The van der Waals surface area contributed by atoms with Crippen molar-refractivity contribution in [3.8, 4) is 0 Å². The topological polar surface area (TPSA) is 55.8 Å². The number of rotatable bonds is 6. The molecule has 23 heavy (non-hydrogen) atoms. The lowest BCUT2D eigenvalue weighted by Gasteiger charge is -2.20. The van der Waals surface area contributed by atoms with Crippen LogP contribution in [0.3, 0.4) is 0 Å².